The Balaban J connectivity index is 2.53. The molecule has 1 nitrogen and oxygen atoms in total. The third-order valence-corrected chi connectivity index (χ3v) is 2.74. The third kappa shape index (κ3) is 1.54. The summed E-state index contributed by atoms with van der Waals surface area (Å²) in [4.78, 5) is 0. The Kier molecular flexibility index (Phi) is 2.56. The van der Waals surface area contributed by atoms with E-state index in [4.69, 9.17) is 0 Å². The predicted molar refractivity (Wildman–Crippen MR) is 56.9 cm³/mol. The second-order valence-corrected chi connectivity index (χ2v) is 3.66. The molecule has 0 saturated carbocycles. The summed E-state index contributed by atoms with van der Waals surface area (Å²) in [7, 11) is 0. The smallest absolute Gasteiger partial charge is 0.0793 e. The fourth-order valence-corrected chi connectivity index (χ4v) is 2.08. The molecule has 1 aromatic rings. The molecule has 0 aromatic heterocycles. The molecule has 1 atom stereocenters. The molecule has 0 amide bonds. The summed E-state index contributed by atoms with van der Waals surface area (Å²) in [5, 5.41) is 9.81. The van der Waals surface area contributed by atoms with Crippen LogP contribution in [0.4, 0.5) is 0 Å². The van der Waals surface area contributed by atoms with Crippen molar-refractivity contribution in [2.24, 2.45) is 0 Å². The first-order valence-electron chi connectivity index (χ1n) is 5.05. The number of rotatable bonds is 0. The van der Waals surface area contributed by atoms with Crippen LogP contribution in [0, 0.1) is 11.8 Å². The van der Waals surface area contributed by atoms with Crippen molar-refractivity contribution in [3.05, 3.63) is 34.9 Å². The second-order valence-electron chi connectivity index (χ2n) is 3.66. The maximum Gasteiger partial charge on any atom is 0.0793 e. The van der Waals surface area contributed by atoms with Gasteiger partial charge < -0.3 is 5.11 Å². The monoisotopic (exact) mass is 186 g/mol. The lowest BCUT2D eigenvalue weighted by Crippen LogP contribution is -2.10. The molecule has 0 fully saturated rings. The third-order valence-electron chi connectivity index (χ3n) is 2.74. The average Bonchev–Trinajstić information content (AvgIpc) is 2.20. The maximum absolute atomic E-state index is 9.81. The van der Waals surface area contributed by atoms with Crippen LogP contribution in [0.2, 0.25) is 0 Å². The Morgan fingerprint density at radius 2 is 2.29 bits per heavy atom. The van der Waals surface area contributed by atoms with Gasteiger partial charge in [0.15, 0.2) is 0 Å². The molecule has 0 bridgehead atoms. The molecule has 1 aliphatic carbocycles. The van der Waals surface area contributed by atoms with Crippen molar-refractivity contribution >= 4 is 0 Å². The normalized spacial score (nSPS) is 19.4. The minimum absolute atomic E-state index is 0.280. The molecule has 0 saturated heterocycles. The highest BCUT2D eigenvalue weighted by atomic mass is 16.3. The highest BCUT2D eigenvalue weighted by Gasteiger charge is 2.19. The van der Waals surface area contributed by atoms with Gasteiger partial charge in [-0.15, -0.1) is 5.92 Å². The van der Waals surface area contributed by atoms with Crippen molar-refractivity contribution < 1.29 is 5.11 Å². The Morgan fingerprint density at radius 1 is 1.43 bits per heavy atom. The zero-order valence-corrected chi connectivity index (χ0v) is 8.38. The van der Waals surface area contributed by atoms with Gasteiger partial charge in [-0.05, 0) is 43.4 Å². The molecule has 1 heteroatoms. The van der Waals surface area contributed by atoms with Gasteiger partial charge in [0.2, 0.25) is 0 Å². The van der Waals surface area contributed by atoms with Crippen LogP contribution in [0.1, 0.15) is 42.6 Å². The van der Waals surface area contributed by atoms with Gasteiger partial charge in [0.1, 0.15) is 0 Å². The van der Waals surface area contributed by atoms with E-state index < -0.39 is 0 Å². The number of fused-ring (bicyclic) bond motifs is 1. The van der Waals surface area contributed by atoms with Crippen LogP contribution in [-0.2, 0) is 6.42 Å². The molecule has 14 heavy (non-hydrogen) atoms. The fraction of sp³-hybridized carbons (Fsp3) is 0.385. The second kappa shape index (κ2) is 3.86. The van der Waals surface area contributed by atoms with Crippen LogP contribution in [0.25, 0.3) is 0 Å². The van der Waals surface area contributed by atoms with Crippen molar-refractivity contribution in [3.8, 4) is 11.8 Å². The molecular weight excluding hydrogens is 172 g/mol. The van der Waals surface area contributed by atoms with Crippen molar-refractivity contribution in [3.63, 3.8) is 0 Å². The Labute approximate surface area is 84.8 Å². The lowest BCUT2D eigenvalue weighted by Gasteiger charge is -2.22. The molecule has 0 spiro atoms. The van der Waals surface area contributed by atoms with Gasteiger partial charge in [-0.1, -0.05) is 18.1 Å². The molecule has 0 radical (unpaired) electrons. The van der Waals surface area contributed by atoms with Gasteiger partial charge in [0.25, 0.3) is 0 Å². The van der Waals surface area contributed by atoms with Crippen molar-refractivity contribution in [1.29, 1.82) is 0 Å². The lowest BCUT2D eigenvalue weighted by molar-refractivity contribution is 0.156. The minimum Gasteiger partial charge on any atom is -0.388 e. The van der Waals surface area contributed by atoms with Gasteiger partial charge >= 0.3 is 0 Å². The van der Waals surface area contributed by atoms with E-state index in [1.807, 2.05) is 25.1 Å². The van der Waals surface area contributed by atoms with Crippen molar-refractivity contribution in [1.82, 2.24) is 0 Å². The van der Waals surface area contributed by atoms with Gasteiger partial charge in [-0.25, -0.2) is 0 Å². The van der Waals surface area contributed by atoms with E-state index >= 15 is 0 Å². The van der Waals surface area contributed by atoms with E-state index in [9.17, 15) is 5.11 Å². The van der Waals surface area contributed by atoms with E-state index in [-0.39, 0.29) is 6.10 Å². The summed E-state index contributed by atoms with van der Waals surface area (Å²) in [5.74, 6) is 6.01. The summed E-state index contributed by atoms with van der Waals surface area (Å²) >= 11 is 0. The average molecular weight is 186 g/mol. The molecule has 1 unspecified atom stereocenters. The zero-order chi connectivity index (χ0) is 9.97. The molecular formula is C13H14O. The van der Waals surface area contributed by atoms with Crippen LogP contribution in [0.3, 0.4) is 0 Å². The SMILES string of the molecule is CC#Cc1cccc2c1CCCC2O. The van der Waals surface area contributed by atoms with E-state index in [2.05, 4.69) is 11.8 Å². The summed E-state index contributed by atoms with van der Waals surface area (Å²) in [6, 6.07) is 6.03. The van der Waals surface area contributed by atoms with E-state index in [0.717, 1.165) is 30.4 Å². The summed E-state index contributed by atoms with van der Waals surface area (Å²) in [6.07, 6.45) is 2.72. The van der Waals surface area contributed by atoms with Crippen LogP contribution < -0.4 is 0 Å². The van der Waals surface area contributed by atoms with Crippen LogP contribution in [0.5, 0.6) is 0 Å². The largest absolute Gasteiger partial charge is 0.388 e. The van der Waals surface area contributed by atoms with Crippen LogP contribution in [-0.4, -0.2) is 5.11 Å². The number of hydrogen-bond donors (Lipinski definition) is 1. The Morgan fingerprint density at radius 3 is 3.07 bits per heavy atom. The first-order valence-corrected chi connectivity index (χ1v) is 5.05. The summed E-state index contributed by atoms with van der Waals surface area (Å²) < 4.78 is 0. The first kappa shape index (κ1) is 9.30. The first-order chi connectivity index (χ1) is 6.83. The number of benzene rings is 1. The fourth-order valence-electron chi connectivity index (χ4n) is 2.08. The molecule has 1 aromatic carbocycles. The number of hydrogen-bond acceptors (Lipinski definition) is 1. The van der Waals surface area contributed by atoms with E-state index in [1.165, 1.54) is 5.56 Å². The lowest BCUT2D eigenvalue weighted by atomic mass is 9.86. The van der Waals surface area contributed by atoms with Gasteiger partial charge in [0.05, 0.1) is 6.10 Å². The molecule has 0 heterocycles. The molecule has 72 valence electrons. The minimum atomic E-state index is -0.280. The zero-order valence-electron chi connectivity index (χ0n) is 8.38. The molecule has 1 N–H and O–H groups in total. The van der Waals surface area contributed by atoms with Gasteiger partial charge in [-0.3, -0.25) is 0 Å². The highest BCUT2D eigenvalue weighted by Crippen LogP contribution is 2.31. The number of aliphatic hydroxyl groups is 1. The van der Waals surface area contributed by atoms with Crippen LogP contribution in [0.15, 0.2) is 18.2 Å². The predicted octanol–water partition coefficient (Wildman–Crippen LogP) is 2.43. The Bertz CT molecular complexity index is 395. The van der Waals surface area contributed by atoms with Gasteiger partial charge in [0, 0.05) is 5.56 Å². The van der Waals surface area contributed by atoms with Gasteiger partial charge in [-0.2, -0.15) is 0 Å². The number of aliphatic hydroxyl groups excluding tert-OH is 1. The molecule has 0 aliphatic heterocycles. The summed E-state index contributed by atoms with van der Waals surface area (Å²) in [6.45, 7) is 1.85. The molecule has 2 rings (SSSR count). The topological polar surface area (TPSA) is 20.2 Å². The highest BCUT2D eigenvalue weighted by molar-refractivity contribution is 5.47. The maximum atomic E-state index is 9.81. The summed E-state index contributed by atoms with van der Waals surface area (Å²) in [5.41, 5.74) is 3.42. The van der Waals surface area contributed by atoms with E-state index in [1.54, 1.807) is 0 Å². The van der Waals surface area contributed by atoms with E-state index in [0.29, 0.717) is 0 Å². The Hall–Kier alpha value is -1.26. The standard InChI is InChI=1S/C13H14O/c1-2-5-10-6-3-8-12-11(10)7-4-9-13(12)14/h3,6,8,13-14H,4,7,9H2,1H3. The quantitative estimate of drug-likeness (QED) is 0.617. The van der Waals surface area contributed by atoms with Crippen molar-refractivity contribution in [2.75, 3.05) is 0 Å². The van der Waals surface area contributed by atoms with Crippen molar-refractivity contribution in [2.45, 2.75) is 32.3 Å². The molecule has 1 aliphatic rings. The van der Waals surface area contributed by atoms with Crippen LogP contribution >= 0.6 is 0 Å².